The fourth-order valence-corrected chi connectivity index (χ4v) is 6.58. The van der Waals surface area contributed by atoms with Crippen LogP contribution < -0.4 is 16.6 Å². The number of aryl methyl sites for hydroxylation is 4. The lowest BCUT2D eigenvalue weighted by Gasteiger charge is -2.21. The predicted octanol–water partition coefficient (Wildman–Crippen LogP) is 3.86. The molecule has 1 atom stereocenters. The van der Waals surface area contributed by atoms with Crippen molar-refractivity contribution in [2.45, 2.75) is 57.4 Å². The maximum absolute atomic E-state index is 13.8. The molecule has 0 aliphatic heterocycles. The van der Waals surface area contributed by atoms with Crippen molar-refractivity contribution in [1.29, 1.82) is 0 Å². The number of nitrogens with zero attached hydrogens (tertiary/aromatic N) is 2. The number of amides is 3. The molecule has 0 spiro atoms. The normalized spacial score (nSPS) is 14.0. The Morgan fingerprint density at radius 3 is 2.66 bits per heavy atom. The SMILES string of the molecule is Cc1ccc(-n2c(SC(C(=O)NC(N)=O)C(C)C)nc3sc4c(c3c2=O)CCC4)c(C)c1. The van der Waals surface area contributed by atoms with Gasteiger partial charge >= 0.3 is 6.03 Å². The second-order valence-electron chi connectivity index (χ2n) is 8.50. The van der Waals surface area contributed by atoms with Crippen LogP contribution in [0.2, 0.25) is 0 Å². The first-order valence-electron chi connectivity index (χ1n) is 10.6. The molecule has 1 aliphatic carbocycles. The standard InChI is InChI=1S/C23H26N4O3S2/c1-11(2)18(19(28)25-22(24)30)32-23-26-20-17(14-6-5-7-16(14)31-20)21(29)27(23)15-9-8-12(3)10-13(15)4/h8-11,18H,5-7H2,1-4H3,(H3,24,25,28,30). The van der Waals surface area contributed by atoms with E-state index in [2.05, 4.69) is 5.32 Å². The number of benzene rings is 1. The number of hydrogen-bond donors (Lipinski definition) is 2. The highest BCUT2D eigenvalue weighted by Crippen LogP contribution is 2.37. The first-order chi connectivity index (χ1) is 15.2. The van der Waals surface area contributed by atoms with E-state index in [4.69, 9.17) is 10.7 Å². The summed E-state index contributed by atoms with van der Waals surface area (Å²) in [5.41, 5.74) is 8.97. The van der Waals surface area contributed by atoms with Crippen LogP contribution >= 0.6 is 23.1 Å². The Kier molecular flexibility index (Phi) is 6.13. The zero-order valence-corrected chi connectivity index (χ0v) is 20.2. The molecule has 9 heteroatoms. The summed E-state index contributed by atoms with van der Waals surface area (Å²) in [7, 11) is 0. The van der Waals surface area contributed by atoms with Gasteiger partial charge < -0.3 is 5.73 Å². The van der Waals surface area contributed by atoms with Gasteiger partial charge in [-0.25, -0.2) is 9.78 Å². The monoisotopic (exact) mass is 470 g/mol. The van der Waals surface area contributed by atoms with Gasteiger partial charge in [0.1, 0.15) is 4.83 Å². The third-order valence-electron chi connectivity index (χ3n) is 5.64. The van der Waals surface area contributed by atoms with Gasteiger partial charge in [0.2, 0.25) is 5.91 Å². The highest BCUT2D eigenvalue weighted by atomic mass is 32.2. The molecular weight excluding hydrogens is 444 g/mol. The second kappa shape index (κ2) is 8.71. The topological polar surface area (TPSA) is 107 Å². The van der Waals surface area contributed by atoms with Crippen LogP contribution in [0.3, 0.4) is 0 Å². The minimum atomic E-state index is -0.897. The number of carbonyl (C=O) groups excluding carboxylic acids is 2. The van der Waals surface area contributed by atoms with Crippen LogP contribution in [0.5, 0.6) is 0 Å². The van der Waals surface area contributed by atoms with Crippen molar-refractivity contribution >= 4 is 45.3 Å². The summed E-state index contributed by atoms with van der Waals surface area (Å²) in [5.74, 6) is -0.611. The van der Waals surface area contributed by atoms with E-state index in [-0.39, 0.29) is 11.5 Å². The molecule has 2 heterocycles. The minimum Gasteiger partial charge on any atom is -0.351 e. The molecule has 4 rings (SSSR count). The number of thiophene rings is 1. The van der Waals surface area contributed by atoms with Gasteiger partial charge in [0.25, 0.3) is 5.56 Å². The lowest BCUT2D eigenvalue weighted by Crippen LogP contribution is -2.42. The smallest absolute Gasteiger partial charge is 0.318 e. The number of urea groups is 1. The Labute approximate surface area is 194 Å². The van der Waals surface area contributed by atoms with Crippen molar-refractivity contribution in [2.75, 3.05) is 0 Å². The Balaban J connectivity index is 1.93. The third kappa shape index (κ3) is 4.06. The van der Waals surface area contributed by atoms with Crippen molar-refractivity contribution < 1.29 is 9.59 Å². The number of nitrogens with one attached hydrogen (secondary N) is 1. The number of carbonyl (C=O) groups is 2. The molecule has 7 nitrogen and oxygen atoms in total. The summed E-state index contributed by atoms with van der Waals surface area (Å²) in [5, 5.41) is 2.66. The molecule has 3 amide bonds. The maximum Gasteiger partial charge on any atom is 0.318 e. The first kappa shape index (κ1) is 22.5. The number of fused-ring (bicyclic) bond motifs is 3. The van der Waals surface area contributed by atoms with Gasteiger partial charge in [-0.3, -0.25) is 19.5 Å². The number of imide groups is 1. The summed E-state index contributed by atoms with van der Waals surface area (Å²) in [6.07, 6.45) is 2.91. The van der Waals surface area contributed by atoms with Gasteiger partial charge in [0.15, 0.2) is 5.16 Å². The third-order valence-corrected chi connectivity index (χ3v) is 8.33. The molecule has 32 heavy (non-hydrogen) atoms. The van der Waals surface area contributed by atoms with Gasteiger partial charge in [-0.05, 0) is 56.2 Å². The van der Waals surface area contributed by atoms with Crippen LogP contribution in [0.1, 0.15) is 41.8 Å². The highest BCUT2D eigenvalue weighted by Gasteiger charge is 2.29. The average molecular weight is 471 g/mol. The van der Waals surface area contributed by atoms with Crippen LogP contribution in [0.4, 0.5) is 4.79 Å². The van der Waals surface area contributed by atoms with Gasteiger partial charge in [-0.15, -0.1) is 11.3 Å². The molecule has 0 bridgehead atoms. The van der Waals surface area contributed by atoms with E-state index in [1.807, 2.05) is 45.9 Å². The summed E-state index contributed by atoms with van der Waals surface area (Å²) < 4.78 is 1.63. The maximum atomic E-state index is 13.8. The number of rotatable bonds is 5. The Bertz CT molecular complexity index is 1290. The molecule has 3 aromatic rings. The van der Waals surface area contributed by atoms with E-state index in [0.29, 0.717) is 15.4 Å². The molecule has 3 N–H and O–H groups in total. The van der Waals surface area contributed by atoms with Crippen LogP contribution in [0, 0.1) is 19.8 Å². The lowest BCUT2D eigenvalue weighted by atomic mass is 10.1. The zero-order chi connectivity index (χ0) is 23.2. The molecule has 1 aromatic carbocycles. The van der Waals surface area contributed by atoms with E-state index in [1.54, 1.807) is 15.9 Å². The van der Waals surface area contributed by atoms with E-state index >= 15 is 0 Å². The van der Waals surface area contributed by atoms with Gasteiger partial charge in [-0.2, -0.15) is 0 Å². The number of thioether (sulfide) groups is 1. The van der Waals surface area contributed by atoms with Crippen LogP contribution in [0.25, 0.3) is 15.9 Å². The molecule has 0 saturated carbocycles. The first-order valence-corrected chi connectivity index (χ1v) is 12.3. The number of nitrogens with two attached hydrogens (primary N) is 1. The molecule has 2 aromatic heterocycles. The summed E-state index contributed by atoms with van der Waals surface area (Å²) >= 11 is 2.76. The quantitative estimate of drug-likeness (QED) is 0.435. The van der Waals surface area contributed by atoms with Crippen LogP contribution in [-0.4, -0.2) is 26.7 Å². The molecule has 0 fully saturated rings. The number of primary amides is 1. The second-order valence-corrected chi connectivity index (χ2v) is 10.7. The Morgan fingerprint density at radius 1 is 1.25 bits per heavy atom. The summed E-state index contributed by atoms with van der Waals surface area (Å²) in [6.45, 7) is 7.74. The largest absolute Gasteiger partial charge is 0.351 e. The molecule has 0 radical (unpaired) electrons. The van der Waals surface area contributed by atoms with E-state index in [9.17, 15) is 14.4 Å². The molecule has 1 unspecified atom stereocenters. The van der Waals surface area contributed by atoms with Crippen LogP contribution in [0.15, 0.2) is 28.2 Å². The molecule has 168 valence electrons. The predicted molar refractivity (Wildman–Crippen MR) is 129 cm³/mol. The minimum absolute atomic E-state index is 0.110. The van der Waals surface area contributed by atoms with E-state index < -0.39 is 17.2 Å². The fraction of sp³-hybridized carbons (Fsp3) is 0.391. The van der Waals surface area contributed by atoms with Crippen molar-refractivity contribution in [3.63, 3.8) is 0 Å². The Morgan fingerprint density at radius 2 is 2.00 bits per heavy atom. The van der Waals surface area contributed by atoms with E-state index in [1.165, 1.54) is 16.6 Å². The summed E-state index contributed by atoms with van der Waals surface area (Å²) in [4.78, 5) is 44.6. The van der Waals surface area contributed by atoms with E-state index in [0.717, 1.165) is 41.6 Å². The molecule has 0 saturated heterocycles. The zero-order valence-electron chi connectivity index (χ0n) is 18.5. The van der Waals surface area contributed by atoms with Crippen molar-refractivity contribution in [1.82, 2.24) is 14.9 Å². The van der Waals surface area contributed by atoms with Crippen molar-refractivity contribution in [3.05, 3.63) is 50.1 Å². The molecule has 1 aliphatic rings. The highest BCUT2D eigenvalue weighted by molar-refractivity contribution is 8.00. The van der Waals surface area contributed by atoms with Gasteiger partial charge in [0.05, 0.1) is 16.3 Å². The number of aromatic nitrogens is 2. The molecular formula is C23H26N4O3S2. The lowest BCUT2D eigenvalue weighted by molar-refractivity contribution is -0.120. The van der Waals surface area contributed by atoms with Gasteiger partial charge in [-0.1, -0.05) is 43.3 Å². The van der Waals surface area contributed by atoms with Crippen molar-refractivity contribution in [3.8, 4) is 5.69 Å². The average Bonchev–Trinajstić information content (AvgIpc) is 3.27. The van der Waals surface area contributed by atoms with Gasteiger partial charge in [0, 0.05) is 4.88 Å². The van der Waals surface area contributed by atoms with Crippen molar-refractivity contribution in [2.24, 2.45) is 11.7 Å². The van der Waals surface area contributed by atoms with Crippen LogP contribution in [-0.2, 0) is 17.6 Å². The number of hydrogen-bond acceptors (Lipinski definition) is 6. The fourth-order valence-electron chi connectivity index (χ4n) is 4.17. The summed E-state index contributed by atoms with van der Waals surface area (Å²) in [6, 6.07) is 5.01. The Hall–Kier alpha value is -2.65.